The zero-order valence-corrected chi connectivity index (χ0v) is 10.3. The molecule has 0 spiro atoms. The number of nitrogens with one attached hydrogen (secondary N) is 1. The van der Waals surface area contributed by atoms with Gasteiger partial charge in [0, 0.05) is 42.7 Å². The lowest BCUT2D eigenvalue weighted by atomic mass is 10.00. The zero-order valence-electron chi connectivity index (χ0n) is 9.44. The Balaban J connectivity index is 1.92. The molecule has 1 aromatic heterocycles. The van der Waals surface area contributed by atoms with Crippen molar-refractivity contribution in [3.05, 3.63) is 18.2 Å². The molecule has 1 atom stereocenters. The highest BCUT2D eigenvalue weighted by Gasteiger charge is 2.22. The Labute approximate surface area is 95.7 Å². The van der Waals surface area contributed by atoms with E-state index in [0.29, 0.717) is 5.92 Å². The molecule has 1 saturated heterocycles. The average Bonchev–Trinajstić information content (AvgIpc) is 2.60. The number of rotatable bonds is 5. The van der Waals surface area contributed by atoms with Crippen LogP contribution in [0.15, 0.2) is 12.5 Å². The van der Waals surface area contributed by atoms with Crippen molar-refractivity contribution in [3.63, 3.8) is 0 Å². The molecule has 2 heterocycles. The summed E-state index contributed by atoms with van der Waals surface area (Å²) in [5.41, 5.74) is 1.40. The van der Waals surface area contributed by atoms with Gasteiger partial charge in [0.2, 0.25) is 0 Å². The van der Waals surface area contributed by atoms with E-state index < -0.39 is 0 Å². The summed E-state index contributed by atoms with van der Waals surface area (Å²) in [6.07, 6.45) is 7.40. The van der Waals surface area contributed by atoms with E-state index in [9.17, 15) is 0 Å². The van der Waals surface area contributed by atoms with E-state index >= 15 is 0 Å². The third-order valence-electron chi connectivity index (χ3n) is 3.12. The van der Waals surface area contributed by atoms with Crippen LogP contribution in [0, 0.1) is 0 Å². The lowest BCUT2D eigenvalue weighted by Gasteiger charge is -2.28. The highest BCUT2D eigenvalue weighted by Crippen LogP contribution is 2.20. The molecule has 3 nitrogen and oxygen atoms in total. The first-order valence-electron chi connectivity index (χ1n) is 5.54. The first kappa shape index (κ1) is 11.0. The lowest BCUT2D eigenvalue weighted by molar-refractivity contribution is 0.421. The Morgan fingerprint density at radius 3 is 3.07 bits per heavy atom. The van der Waals surface area contributed by atoms with Crippen molar-refractivity contribution in [1.29, 1.82) is 0 Å². The van der Waals surface area contributed by atoms with Gasteiger partial charge in [0.1, 0.15) is 0 Å². The van der Waals surface area contributed by atoms with Gasteiger partial charge in [-0.1, -0.05) is 6.92 Å². The summed E-state index contributed by atoms with van der Waals surface area (Å²) in [6, 6.07) is 0. The van der Waals surface area contributed by atoms with E-state index in [1.807, 2.05) is 24.3 Å². The van der Waals surface area contributed by atoms with Gasteiger partial charge in [-0.3, -0.25) is 0 Å². The average molecular weight is 225 g/mol. The van der Waals surface area contributed by atoms with Gasteiger partial charge in [-0.05, 0) is 12.7 Å². The van der Waals surface area contributed by atoms with E-state index in [1.54, 1.807) is 0 Å². The van der Waals surface area contributed by atoms with Gasteiger partial charge in [0.05, 0.1) is 6.33 Å². The van der Waals surface area contributed by atoms with E-state index in [-0.39, 0.29) is 0 Å². The molecule has 0 aromatic carbocycles. The largest absolute Gasteiger partial charge is 0.334 e. The number of nitrogens with zero attached hydrogens (tertiary/aromatic N) is 2. The maximum absolute atomic E-state index is 4.26. The molecule has 1 aromatic rings. The van der Waals surface area contributed by atoms with Crippen LogP contribution in [0.4, 0.5) is 0 Å². The highest BCUT2D eigenvalue weighted by molar-refractivity contribution is 7.99. The third-order valence-corrected chi connectivity index (χ3v) is 4.16. The third kappa shape index (κ3) is 2.55. The standard InChI is InChI=1S/C11H19N3S/c1-9(15-2)3-4-14-8-13-7-11(14)10-5-12-6-10/h7-10,12H,3-6H2,1-2H3. The van der Waals surface area contributed by atoms with Crippen molar-refractivity contribution in [2.24, 2.45) is 0 Å². The summed E-state index contributed by atoms with van der Waals surface area (Å²) in [5.74, 6) is 0.692. The summed E-state index contributed by atoms with van der Waals surface area (Å²) in [5, 5.41) is 4.04. The van der Waals surface area contributed by atoms with Crippen LogP contribution < -0.4 is 5.32 Å². The second kappa shape index (κ2) is 5.03. The lowest BCUT2D eigenvalue weighted by Crippen LogP contribution is -2.40. The molecule has 0 amide bonds. The number of imidazole rings is 1. The van der Waals surface area contributed by atoms with Gasteiger partial charge in [-0.25, -0.2) is 4.98 Å². The van der Waals surface area contributed by atoms with Crippen LogP contribution in [0.5, 0.6) is 0 Å². The summed E-state index contributed by atoms with van der Waals surface area (Å²) >= 11 is 1.93. The zero-order chi connectivity index (χ0) is 10.7. The predicted octanol–water partition coefficient (Wildman–Crippen LogP) is 1.71. The van der Waals surface area contributed by atoms with E-state index in [4.69, 9.17) is 0 Å². The van der Waals surface area contributed by atoms with Gasteiger partial charge in [-0.2, -0.15) is 11.8 Å². The Bertz CT molecular complexity index is 307. The Hall–Kier alpha value is -0.480. The summed E-state index contributed by atoms with van der Waals surface area (Å²) < 4.78 is 2.32. The van der Waals surface area contributed by atoms with E-state index in [0.717, 1.165) is 24.9 Å². The highest BCUT2D eigenvalue weighted by atomic mass is 32.2. The van der Waals surface area contributed by atoms with Gasteiger partial charge in [-0.15, -0.1) is 0 Å². The molecule has 84 valence electrons. The summed E-state index contributed by atoms with van der Waals surface area (Å²) in [7, 11) is 0. The monoisotopic (exact) mass is 225 g/mol. The second-order valence-electron chi connectivity index (χ2n) is 4.20. The van der Waals surface area contributed by atoms with Crippen molar-refractivity contribution in [2.75, 3.05) is 19.3 Å². The van der Waals surface area contributed by atoms with Crippen molar-refractivity contribution in [2.45, 2.75) is 31.1 Å². The smallest absolute Gasteiger partial charge is 0.0948 e. The van der Waals surface area contributed by atoms with Crippen LogP contribution in [0.25, 0.3) is 0 Å². The minimum atomic E-state index is 0.692. The molecule has 15 heavy (non-hydrogen) atoms. The maximum atomic E-state index is 4.26. The van der Waals surface area contributed by atoms with Gasteiger partial charge >= 0.3 is 0 Å². The molecule has 0 bridgehead atoms. The normalized spacial score (nSPS) is 18.8. The summed E-state index contributed by atoms with van der Waals surface area (Å²) in [4.78, 5) is 4.26. The van der Waals surface area contributed by atoms with E-state index in [2.05, 4.69) is 28.0 Å². The number of aromatic nitrogens is 2. The van der Waals surface area contributed by atoms with Gasteiger partial charge < -0.3 is 9.88 Å². The molecular weight excluding hydrogens is 206 g/mol. The SMILES string of the molecule is CSC(C)CCn1cncc1C1CNC1. The van der Waals surface area contributed by atoms with Crippen LogP contribution in [0.2, 0.25) is 0 Å². The molecule has 2 rings (SSSR count). The van der Waals surface area contributed by atoms with Crippen molar-refractivity contribution in [3.8, 4) is 0 Å². The molecular formula is C11H19N3S. The topological polar surface area (TPSA) is 29.9 Å². The Kier molecular flexibility index (Phi) is 3.70. The minimum Gasteiger partial charge on any atom is -0.334 e. The molecule has 1 unspecified atom stereocenters. The Morgan fingerprint density at radius 2 is 2.47 bits per heavy atom. The second-order valence-corrected chi connectivity index (χ2v) is 5.48. The molecule has 0 saturated carbocycles. The fourth-order valence-electron chi connectivity index (χ4n) is 1.79. The first-order chi connectivity index (χ1) is 7.31. The molecule has 1 aliphatic heterocycles. The molecule has 1 N–H and O–H groups in total. The number of hydrogen-bond acceptors (Lipinski definition) is 3. The van der Waals surface area contributed by atoms with E-state index in [1.165, 1.54) is 12.1 Å². The summed E-state index contributed by atoms with van der Waals surface area (Å²) in [6.45, 7) is 5.62. The van der Waals surface area contributed by atoms with Crippen LogP contribution in [0.3, 0.4) is 0 Å². The van der Waals surface area contributed by atoms with Crippen molar-refractivity contribution in [1.82, 2.24) is 14.9 Å². The predicted molar refractivity (Wildman–Crippen MR) is 65.4 cm³/mol. The molecule has 4 heteroatoms. The minimum absolute atomic E-state index is 0.692. The van der Waals surface area contributed by atoms with Crippen molar-refractivity contribution >= 4 is 11.8 Å². The Morgan fingerprint density at radius 1 is 1.67 bits per heavy atom. The molecule has 1 fully saturated rings. The quantitative estimate of drug-likeness (QED) is 0.827. The molecule has 1 aliphatic rings. The van der Waals surface area contributed by atoms with Crippen LogP contribution in [0.1, 0.15) is 25.0 Å². The van der Waals surface area contributed by atoms with Gasteiger partial charge in [0.25, 0.3) is 0 Å². The molecule has 0 aliphatic carbocycles. The fourth-order valence-corrected chi connectivity index (χ4v) is 2.14. The van der Waals surface area contributed by atoms with Crippen LogP contribution in [-0.2, 0) is 6.54 Å². The number of thioether (sulfide) groups is 1. The van der Waals surface area contributed by atoms with Crippen LogP contribution >= 0.6 is 11.8 Å². The fraction of sp³-hybridized carbons (Fsp3) is 0.727. The first-order valence-corrected chi connectivity index (χ1v) is 6.83. The number of hydrogen-bond donors (Lipinski definition) is 1. The van der Waals surface area contributed by atoms with Crippen molar-refractivity contribution < 1.29 is 0 Å². The number of aryl methyl sites for hydroxylation is 1. The van der Waals surface area contributed by atoms with Gasteiger partial charge in [0.15, 0.2) is 0 Å². The molecule has 0 radical (unpaired) electrons. The van der Waals surface area contributed by atoms with Crippen LogP contribution in [-0.4, -0.2) is 34.1 Å². The maximum Gasteiger partial charge on any atom is 0.0948 e.